The van der Waals surface area contributed by atoms with E-state index in [9.17, 15) is 18.0 Å². The minimum absolute atomic E-state index is 0.208. The Bertz CT molecular complexity index is 797. The maximum Gasteiger partial charge on any atom is 0.416 e. The van der Waals surface area contributed by atoms with Gasteiger partial charge in [-0.3, -0.25) is 9.48 Å². The molecule has 1 aromatic carbocycles. The zero-order chi connectivity index (χ0) is 18.8. The van der Waals surface area contributed by atoms with Gasteiger partial charge in [0.15, 0.2) is 0 Å². The van der Waals surface area contributed by atoms with E-state index in [1.807, 2.05) is 0 Å². The fourth-order valence-corrected chi connectivity index (χ4v) is 2.59. The summed E-state index contributed by atoms with van der Waals surface area (Å²) in [5.41, 5.74) is -1.09. The van der Waals surface area contributed by atoms with Crippen molar-refractivity contribution in [3.63, 3.8) is 0 Å². The Balaban J connectivity index is 2.32. The first-order valence-corrected chi connectivity index (χ1v) is 8.46. The Morgan fingerprint density at radius 2 is 2.08 bits per heavy atom. The third kappa shape index (κ3) is 4.42. The molecule has 1 N–H and O–H groups in total. The van der Waals surface area contributed by atoms with Crippen LogP contribution in [0.1, 0.15) is 25.0 Å². The standard InChI is InChI=1S/C17H17F3IN3O/c1-4-5-11-8-12(17(18,19)20)6-7-14(11)23-15(25)16(2,3)24-10-13(21)9-22-24/h4,6-10H,1,5H2,2-3H3,(H,23,25). The summed E-state index contributed by atoms with van der Waals surface area (Å²) < 4.78 is 41.1. The van der Waals surface area contributed by atoms with Crippen LogP contribution in [0.4, 0.5) is 18.9 Å². The van der Waals surface area contributed by atoms with Gasteiger partial charge in [0, 0.05) is 11.9 Å². The SMILES string of the molecule is C=CCc1cc(C(F)(F)F)ccc1NC(=O)C(C)(C)n1cc(I)cn1. The van der Waals surface area contributed by atoms with E-state index in [0.717, 1.165) is 15.7 Å². The number of nitrogens with one attached hydrogen (secondary N) is 1. The number of hydrogen-bond donors (Lipinski definition) is 1. The van der Waals surface area contributed by atoms with Gasteiger partial charge in [-0.1, -0.05) is 6.08 Å². The third-order valence-corrected chi connectivity index (χ3v) is 4.28. The van der Waals surface area contributed by atoms with Crippen molar-refractivity contribution in [3.05, 3.63) is 57.9 Å². The molecule has 0 radical (unpaired) electrons. The van der Waals surface area contributed by atoms with E-state index >= 15 is 0 Å². The normalized spacial score (nSPS) is 12.1. The van der Waals surface area contributed by atoms with Crippen molar-refractivity contribution in [2.45, 2.75) is 32.0 Å². The highest BCUT2D eigenvalue weighted by Gasteiger charge is 2.33. The van der Waals surface area contributed by atoms with E-state index in [1.54, 1.807) is 26.2 Å². The van der Waals surface area contributed by atoms with Gasteiger partial charge in [-0.15, -0.1) is 6.58 Å². The number of hydrogen-bond acceptors (Lipinski definition) is 2. The van der Waals surface area contributed by atoms with E-state index in [1.165, 1.54) is 16.8 Å². The van der Waals surface area contributed by atoms with E-state index in [2.05, 4.69) is 39.6 Å². The van der Waals surface area contributed by atoms with E-state index in [-0.39, 0.29) is 12.3 Å². The number of aromatic nitrogens is 2. The molecule has 0 aliphatic carbocycles. The van der Waals surface area contributed by atoms with Crippen molar-refractivity contribution in [1.82, 2.24) is 9.78 Å². The van der Waals surface area contributed by atoms with Crippen molar-refractivity contribution in [2.24, 2.45) is 0 Å². The highest BCUT2D eigenvalue weighted by atomic mass is 127. The first-order chi connectivity index (χ1) is 11.6. The third-order valence-electron chi connectivity index (χ3n) is 3.72. The highest BCUT2D eigenvalue weighted by Crippen LogP contribution is 2.32. The number of allylic oxidation sites excluding steroid dienone is 1. The summed E-state index contributed by atoms with van der Waals surface area (Å²) in [5, 5.41) is 6.84. The summed E-state index contributed by atoms with van der Waals surface area (Å²) in [6.07, 6.45) is 0.601. The van der Waals surface area contributed by atoms with Gasteiger partial charge >= 0.3 is 6.18 Å². The van der Waals surface area contributed by atoms with Gasteiger partial charge in [0.2, 0.25) is 0 Å². The van der Waals surface area contributed by atoms with Crippen LogP contribution in [0.2, 0.25) is 0 Å². The zero-order valence-electron chi connectivity index (χ0n) is 13.7. The van der Waals surface area contributed by atoms with Crippen LogP contribution < -0.4 is 5.32 Å². The predicted octanol–water partition coefficient (Wildman–Crippen LogP) is 4.61. The molecule has 134 valence electrons. The molecule has 8 heteroatoms. The molecule has 1 heterocycles. The Hall–Kier alpha value is -1.84. The quantitative estimate of drug-likeness (QED) is 0.520. The Morgan fingerprint density at radius 1 is 1.40 bits per heavy atom. The Labute approximate surface area is 157 Å². The minimum Gasteiger partial charge on any atom is -0.324 e. The number of alkyl halides is 3. The number of carbonyl (C=O) groups excluding carboxylic acids is 1. The van der Waals surface area contributed by atoms with Gasteiger partial charge in [-0.2, -0.15) is 18.3 Å². The summed E-state index contributed by atoms with van der Waals surface area (Å²) in [7, 11) is 0. The summed E-state index contributed by atoms with van der Waals surface area (Å²) in [6.45, 7) is 6.92. The highest BCUT2D eigenvalue weighted by molar-refractivity contribution is 14.1. The molecule has 0 atom stereocenters. The predicted molar refractivity (Wildman–Crippen MR) is 98.2 cm³/mol. The molecule has 0 spiro atoms. The summed E-state index contributed by atoms with van der Waals surface area (Å²) in [5.74, 6) is -0.378. The molecule has 0 saturated carbocycles. The minimum atomic E-state index is -4.44. The maximum atomic E-state index is 12.9. The number of rotatable bonds is 5. The fraction of sp³-hybridized carbons (Fsp3) is 0.294. The van der Waals surface area contributed by atoms with Crippen LogP contribution in [-0.2, 0) is 22.9 Å². The molecule has 4 nitrogen and oxygen atoms in total. The van der Waals surface area contributed by atoms with Crippen molar-refractivity contribution in [1.29, 1.82) is 0 Å². The Morgan fingerprint density at radius 3 is 2.60 bits per heavy atom. The second-order valence-corrected chi connectivity index (χ2v) is 7.22. The second-order valence-electron chi connectivity index (χ2n) is 5.98. The van der Waals surface area contributed by atoms with Crippen LogP contribution in [-0.4, -0.2) is 15.7 Å². The monoisotopic (exact) mass is 463 g/mol. The smallest absolute Gasteiger partial charge is 0.324 e. The summed E-state index contributed by atoms with van der Waals surface area (Å²) in [6, 6.07) is 3.25. The molecular weight excluding hydrogens is 446 g/mol. The van der Waals surface area contributed by atoms with E-state index in [0.29, 0.717) is 11.3 Å². The van der Waals surface area contributed by atoms with Crippen molar-refractivity contribution in [2.75, 3.05) is 5.32 Å². The van der Waals surface area contributed by atoms with Gasteiger partial charge in [0.25, 0.3) is 5.91 Å². The maximum absolute atomic E-state index is 12.9. The van der Waals surface area contributed by atoms with Gasteiger partial charge < -0.3 is 5.32 Å². The van der Waals surface area contributed by atoms with Gasteiger partial charge in [-0.05, 0) is 66.6 Å². The molecule has 0 unspecified atom stereocenters. The lowest BCUT2D eigenvalue weighted by molar-refractivity contribution is -0.137. The van der Waals surface area contributed by atoms with Crippen LogP contribution >= 0.6 is 22.6 Å². The lowest BCUT2D eigenvalue weighted by atomic mass is 10.0. The first-order valence-electron chi connectivity index (χ1n) is 7.39. The average Bonchev–Trinajstić information content (AvgIpc) is 2.95. The zero-order valence-corrected chi connectivity index (χ0v) is 15.9. The van der Waals surface area contributed by atoms with E-state index < -0.39 is 17.3 Å². The molecule has 1 aromatic heterocycles. The molecule has 2 aromatic rings. The molecule has 25 heavy (non-hydrogen) atoms. The summed E-state index contributed by atoms with van der Waals surface area (Å²) in [4.78, 5) is 12.7. The van der Waals surface area contributed by atoms with Crippen molar-refractivity contribution >= 4 is 34.2 Å². The lowest BCUT2D eigenvalue weighted by Crippen LogP contribution is -2.40. The van der Waals surface area contributed by atoms with Crippen molar-refractivity contribution in [3.8, 4) is 0 Å². The van der Waals surface area contributed by atoms with E-state index in [4.69, 9.17) is 0 Å². The van der Waals surface area contributed by atoms with Crippen LogP contribution in [0.5, 0.6) is 0 Å². The number of benzene rings is 1. The fourth-order valence-electron chi connectivity index (χ4n) is 2.20. The summed E-state index contributed by atoms with van der Waals surface area (Å²) >= 11 is 2.08. The first kappa shape index (κ1) is 19.5. The largest absolute Gasteiger partial charge is 0.416 e. The molecule has 0 fully saturated rings. The number of carbonyl (C=O) groups is 1. The van der Waals surface area contributed by atoms with Crippen molar-refractivity contribution < 1.29 is 18.0 Å². The lowest BCUT2D eigenvalue weighted by Gasteiger charge is -2.25. The van der Waals surface area contributed by atoms with Gasteiger partial charge in [-0.25, -0.2) is 0 Å². The van der Waals surface area contributed by atoms with Crippen LogP contribution in [0.25, 0.3) is 0 Å². The number of nitrogens with zero attached hydrogens (tertiary/aromatic N) is 2. The average molecular weight is 463 g/mol. The van der Waals surface area contributed by atoms with Crippen LogP contribution in [0.15, 0.2) is 43.2 Å². The molecule has 0 aliphatic rings. The van der Waals surface area contributed by atoms with Gasteiger partial charge in [0.05, 0.1) is 15.3 Å². The van der Waals surface area contributed by atoms with Gasteiger partial charge in [0.1, 0.15) is 5.54 Å². The molecular formula is C17H17F3IN3O. The molecule has 2 rings (SSSR count). The molecule has 0 aliphatic heterocycles. The Kier molecular flexibility index (Phi) is 5.60. The number of halogens is 4. The second kappa shape index (κ2) is 7.19. The number of anilines is 1. The molecule has 0 bridgehead atoms. The topological polar surface area (TPSA) is 46.9 Å². The molecule has 0 saturated heterocycles. The van der Waals surface area contributed by atoms with Crippen LogP contribution in [0.3, 0.4) is 0 Å². The van der Waals surface area contributed by atoms with Crippen LogP contribution in [0, 0.1) is 3.57 Å². The molecule has 1 amide bonds. The number of amides is 1.